The van der Waals surface area contributed by atoms with Gasteiger partial charge in [-0.2, -0.15) is 0 Å². The van der Waals surface area contributed by atoms with Crippen LogP contribution in [0.15, 0.2) is 18.5 Å². The minimum absolute atomic E-state index is 0.235. The molecule has 2 rings (SSSR count). The first-order valence-corrected chi connectivity index (χ1v) is 5.71. The van der Waals surface area contributed by atoms with E-state index in [0.29, 0.717) is 0 Å². The number of aromatic nitrogens is 2. The van der Waals surface area contributed by atoms with Crippen LogP contribution in [-0.4, -0.2) is 28.3 Å². The second-order valence-corrected chi connectivity index (χ2v) is 4.71. The minimum Gasteiger partial charge on any atom is -0.341 e. The molecule has 0 saturated carbocycles. The summed E-state index contributed by atoms with van der Waals surface area (Å²) in [5, 5.41) is -0.235. The molecular weight excluding hydrogens is 226 g/mol. The summed E-state index contributed by atoms with van der Waals surface area (Å²) >= 11 is 5.60. The minimum atomic E-state index is -0.382. The lowest BCUT2D eigenvalue weighted by atomic mass is 9.82. The van der Waals surface area contributed by atoms with Crippen LogP contribution in [0.1, 0.15) is 19.8 Å². The molecule has 4 nitrogen and oxygen atoms in total. The van der Waals surface area contributed by atoms with Gasteiger partial charge in [0.2, 0.25) is 11.2 Å². The molecule has 5 heteroatoms. The molecule has 1 fully saturated rings. The van der Waals surface area contributed by atoms with Crippen molar-refractivity contribution in [2.75, 3.05) is 18.0 Å². The molecule has 1 saturated heterocycles. The van der Waals surface area contributed by atoms with Crippen LogP contribution in [0.25, 0.3) is 0 Å². The van der Waals surface area contributed by atoms with Gasteiger partial charge in [0.05, 0.1) is 0 Å². The Balaban J connectivity index is 2.03. The molecule has 0 aromatic carbocycles. The van der Waals surface area contributed by atoms with E-state index in [1.54, 1.807) is 18.5 Å². The Kier molecular flexibility index (Phi) is 3.10. The first-order chi connectivity index (χ1) is 7.62. The van der Waals surface area contributed by atoms with Gasteiger partial charge < -0.3 is 4.90 Å². The molecule has 0 amide bonds. The van der Waals surface area contributed by atoms with Crippen LogP contribution in [0.3, 0.4) is 0 Å². The predicted octanol–water partition coefficient (Wildman–Crippen LogP) is 1.85. The maximum absolute atomic E-state index is 11.3. The first-order valence-electron chi connectivity index (χ1n) is 5.34. The normalized spacial score (nSPS) is 19.5. The van der Waals surface area contributed by atoms with Gasteiger partial charge in [0.15, 0.2) is 0 Å². The molecule has 0 radical (unpaired) electrons. The smallest absolute Gasteiger partial charge is 0.227 e. The third-order valence-electron chi connectivity index (χ3n) is 3.18. The zero-order chi connectivity index (χ0) is 11.6. The maximum Gasteiger partial charge on any atom is 0.227 e. The molecule has 1 aromatic heterocycles. The molecule has 0 aliphatic carbocycles. The molecule has 0 atom stereocenters. The third-order valence-corrected chi connectivity index (χ3v) is 3.63. The van der Waals surface area contributed by atoms with Crippen molar-refractivity contribution in [1.29, 1.82) is 0 Å². The van der Waals surface area contributed by atoms with Crippen LogP contribution in [0.5, 0.6) is 0 Å². The fraction of sp³-hybridized carbons (Fsp3) is 0.545. The van der Waals surface area contributed by atoms with Gasteiger partial charge in [0.1, 0.15) is 0 Å². The van der Waals surface area contributed by atoms with E-state index in [9.17, 15) is 4.79 Å². The van der Waals surface area contributed by atoms with E-state index in [4.69, 9.17) is 11.6 Å². The highest BCUT2D eigenvalue weighted by Crippen LogP contribution is 2.33. The average Bonchev–Trinajstić information content (AvgIpc) is 2.31. The van der Waals surface area contributed by atoms with Gasteiger partial charge in [0.25, 0.3) is 0 Å². The largest absolute Gasteiger partial charge is 0.341 e. The molecule has 1 aliphatic rings. The molecule has 0 bridgehead atoms. The summed E-state index contributed by atoms with van der Waals surface area (Å²) in [6.45, 7) is 3.48. The summed E-state index contributed by atoms with van der Waals surface area (Å²) in [6.07, 6.45) is 4.97. The molecule has 0 unspecified atom stereocenters. The van der Waals surface area contributed by atoms with Gasteiger partial charge in [-0.3, -0.25) is 4.79 Å². The number of piperidine rings is 1. The van der Waals surface area contributed by atoms with Crippen molar-refractivity contribution in [3.63, 3.8) is 0 Å². The Hall–Kier alpha value is -1.16. The van der Waals surface area contributed by atoms with Gasteiger partial charge in [-0.05, 0) is 30.5 Å². The summed E-state index contributed by atoms with van der Waals surface area (Å²) in [6, 6.07) is 1.79. The van der Waals surface area contributed by atoms with Gasteiger partial charge in [0, 0.05) is 30.9 Å². The molecule has 0 spiro atoms. The molecule has 1 aliphatic heterocycles. The highest BCUT2D eigenvalue weighted by atomic mass is 35.5. The van der Waals surface area contributed by atoms with Crippen molar-refractivity contribution in [3.8, 4) is 0 Å². The number of hydrogen-bond acceptors (Lipinski definition) is 4. The number of nitrogens with zero attached hydrogens (tertiary/aromatic N) is 3. The highest BCUT2D eigenvalue weighted by molar-refractivity contribution is 6.64. The van der Waals surface area contributed by atoms with Gasteiger partial charge in [-0.1, -0.05) is 6.92 Å². The van der Waals surface area contributed by atoms with Gasteiger partial charge in [-0.15, -0.1) is 0 Å². The van der Waals surface area contributed by atoms with E-state index >= 15 is 0 Å². The quantitative estimate of drug-likeness (QED) is 0.739. The topological polar surface area (TPSA) is 46.1 Å². The van der Waals surface area contributed by atoms with E-state index in [1.165, 1.54) is 0 Å². The average molecular weight is 240 g/mol. The number of anilines is 1. The van der Waals surface area contributed by atoms with Crippen molar-refractivity contribution in [2.24, 2.45) is 5.41 Å². The summed E-state index contributed by atoms with van der Waals surface area (Å²) < 4.78 is 0. The Morgan fingerprint density at radius 3 is 2.44 bits per heavy atom. The zero-order valence-corrected chi connectivity index (χ0v) is 9.94. The molecule has 1 aromatic rings. The van der Waals surface area contributed by atoms with Crippen LogP contribution in [-0.2, 0) is 4.79 Å². The van der Waals surface area contributed by atoms with Crippen molar-refractivity contribution in [2.45, 2.75) is 19.8 Å². The van der Waals surface area contributed by atoms with Crippen LogP contribution in [0.4, 0.5) is 5.95 Å². The summed E-state index contributed by atoms with van der Waals surface area (Å²) in [5.74, 6) is 0.728. The van der Waals surface area contributed by atoms with Crippen molar-refractivity contribution in [1.82, 2.24) is 9.97 Å². The first kappa shape index (κ1) is 11.3. The second-order valence-electron chi connectivity index (χ2n) is 4.37. The third kappa shape index (κ3) is 2.16. The highest BCUT2D eigenvalue weighted by Gasteiger charge is 2.36. The van der Waals surface area contributed by atoms with E-state index in [1.807, 2.05) is 6.92 Å². The van der Waals surface area contributed by atoms with Crippen molar-refractivity contribution < 1.29 is 4.79 Å². The zero-order valence-electron chi connectivity index (χ0n) is 9.19. The second kappa shape index (κ2) is 4.37. The van der Waals surface area contributed by atoms with E-state index < -0.39 is 0 Å². The summed E-state index contributed by atoms with van der Waals surface area (Å²) in [5.41, 5.74) is -0.382. The SMILES string of the molecule is CC1(C(=O)Cl)CCN(c2ncccn2)CC1. The Morgan fingerprint density at radius 1 is 1.38 bits per heavy atom. The van der Waals surface area contributed by atoms with Gasteiger partial charge >= 0.3 is 0 Å². The number of rotatable bonds is 2. The monoisotopic (exact) mass is 239 g/mol. The number of halogens is 1. The van der Waals surface area contributed by atoms with E-state index in [2.05, 4.69) is 14.9 Å². The van der Waals surface area contributed by atoms with Crippen molar-refractivity contribution >= 4 is 22.8 Å². The molecular formula is C11H14ClN3O. The fourth-order valence-electron chi connectivity index (χ4n) is 1.85. The number of hydrogen-bond donors (Lipinski definition) is 0. The van der Waals surface area contributed by atoms with E-state index in [-0.39, 0.29) is 10.7 Å². The van der Waals surface area contributed by atoms with Crippen LogP contribution < -0.4 is 4.90 Å². The Bertz CT molecular complexity index is 374. The molecule has 86 valence electrons. The van der Waals surface area contributed by atoms with Crippen LogP contribution >= 0.6 is 11.6 Å². The fourth-order valence-corrected chi connectivity index (χ4v) is 2.04. The standard InChI is InChI=1S/C11H14ClN3O/c1-11(9(12)16)3-7-15(8-4-11)10-13-5-2-6-14-10/h2,5-6H,3-4,7-8H2,1H3. The van der Waals surface area contributed by atoms with Crippen LogP contribution in [0, 0.1) is 5.41 Å². The lowest BCUT2D eigenvalue weighted by Crippen LogP contribution is -2.42. The number of carbonyl (C=O) groups is 1. The lowest BCUT2D eigenvalue weighted by molar-refractivity contribution is -0.120. The maximum atomic E-state index is 11.3. The van der Waals surface area contributed by atoms with Crippen LogP contribution in [0.2, 0.25) is 0 Å². The molecule has 0 N–H and O–H groups in total. The lowest BCUT2D eigenvalue weighted by Gasteiger charge is -2.36. The molecule has 2 heterocycles. The summed E-state index contributed by atoms with van der Waals surface area (Å²) in [7, 11) is 0. The van der Waals surface area contributed by atoms with Crippen molar-refractivity contribution in [3.05, 3.63) is 18.5 Å². The summed E-state index contributed by atoms with van der Waals surface area (Å²) in [4.78, 5) is 21.7. The Labute approximate surface area is 99.6 Å². The Morgan fingerprint density at radius 2 is 1.94 bits per heavy atom. The predicted molar refractivity (Wildman–Crippen MR) is 62.4 cm³/mol. The molecule has 16 heavy (non-hydrogen) atoms. The number of carbonyl (C=O) groups excluding carboxylic acids is 1. The van der Waals surface area contributed by atoms with E-state index in [0.717, 1.165) is 31.9 Å². The van der Waals surface area contributed by atoms with Gasteiger partial charge in [-0.25, -0.2) is 9.97 Å².